The molecule has 0 amide bonds. The quantitative estimate of drug-likeness (QED) is 0.851. The Kier molecular flexibility index (Phi) is 3.46. The zero-order chi connectivity index (χ0) is 12.5. The van der Waals surface area contributed by atoms with Crippen molar-refractivity contribution in [1.29, 1.82) is 0 Å². The topological polar surface area (TPSA) is 32.5 Å². The molecule has 0 unspecified atom stereocenters. The monoisotopic (exact) mass is 265 g/mol. The zero-order valence-electron chi connectivity index (χ0n) is 10.6. The van der Waals surface area contributed by atoms with Crippen LogP contribution >= 0.6 is 11.6 Å². The molecular weight excluding hydrogens is 246 g/mol. The fourth-order valence-corrected chi connectivity index (χ4v) is 2.91. The number of anilines is 1. The first-order valence-electron chi connectivity index (χ1n) is 6.73. The van der Waals surface area contributed by atoms with E-state index in [0.717, 1.165) is 36.4 Å². The van der Waals surface area contributed by atoms with Crippen molar-refractivity contribution in [1.82, 2.24) is 9.80 Å². The zero-order valence-corrected chi connectivity index (χ0v) is 11.4. The molecule has 0 atom stereocenters. The van der Waals surface area contributed by atoms with Gasteiger partial charge in [0.25, 0.3) is 0 Å². The van der Waals surface area contributed by atoms with Crippen LogP contribution in [0.2, 0.25) is 5.02 Å². The Balaban J connectivity index is 1.56. The number of nitrogen functional groups attached to an aromatic ring is 1. The Hall–Kier alpha value is -0.770. The number of rotatable bonds is 3. The lowest BCUT2D eigenvalue weighted by Gasteiger charge is -2.34. The molecular formula is C14H20ClN3. The SMILES string of the molecule is Nc1ccc(CN2CCN(C3CC3)CC2)c(Cl)c1. The number of nitrogens with zero attached hydrogens (tertiary/aromatic N) is 2. The fourth-order valence-electron chi connectivity index (χ4n) is 2.66. The number of benzene rings is 1. The van der Waals surface area contributed by atoms with Crippen LogP contribution in [0.1, 0.15) is 18.4 Å². The summed E-state index contributed by atoms with van der Waals surface area (Å²) in [5.74, 6) is 0. The Labute approximate surface area is 114 Å². The lowest BCUT2D eigenvalue weighted by Crippen LogP contribution is -2.46. The van der Waals surface area contributed by atoms with Gasteiger partial charge in [0.15, 0.2) is 0 Å². The van der Waals surface area contributed by atoms with E-state index in [4.69, 9.17) is 17.3 Å². The molecule has 0 aromatic heterocycles. The maximum atomic E-state index is 6.22. The van der Waals surface area contributed by atoms with E-state index >= 15 is 0 Å². The molecule has 18 heavy (non-hydrogen) atoms. The summed E-state index contributed by atoms with van der Waals surface area (Å²) in [6, 6.07) is 6.72. The van der Waals surface area contributed by atoms with Gasteiger partial charge < -0.3 is 5.73 Å². The predicted octanol–water partition coefficient (Wildman–Crippen LogP) is 2.20. The van der Waals surface area contributed by atoms with Gasteiger partial charge in [0.1, 0.15) is 0 Å². The van der Waals surface area contributed by atoms with Crippen LogP contribution in [0.15, 0.2) is 18.2 Å². The molecule has 1 heterocycles. The summed E-state index contributed by atoms with van der Waals surface area (Å²) >= 11 is 6.22. The van der Waals surface area contributed by atoms with Crippen molar-refractivity contribution in [3.05, 3.63) is 28.8 Å². The first-order chi connectivity index (χ1) is 8.72. The molecule has 3 rings (SSSR count). The highest BCUT2D eigenvalue weighted by Gasteiger charge is 2.31. The Morgan fingerprint density at radius 3 is 2.50 bits per heavy atom. The molecule has 2 aliphatic rings. The minimum absolute atomic E-state index is 0.738. The normalized spacial score (nSPS) is 22.3. The minimum Gasteiger partial charge on any atom is -0.399 e. The van der Waals surface area contributed by atoms with Crippen molar-refractivity contribution in [3.63, 3.8) is 0 Å². The summed E-state index contributed by atoms with van der Waals surface area (Å²) in [4.78, 5) is 5.11. The van der Waals surface area contributed by atoms with Gasteiger partial charge in [-0.1, -0.05) is 17.7 Å². The maximum Gasteiger partial charge on any atom is 0.0471 e. The van der Waals surface area contributed by atoms with E-state index in [1.165, 1.54) is 31.5 Å². The molecule has 0 spiro atoms. The lowest BCUT2D eigenvalue weighted by atomic mass is 10.1. The molecule has 3 nitrogen and oxygen atoms in total. The Morgan fingerprint density at radius 1 is 1.17 bits per heavy atom. The number of hydrogen-bond acceptors (Lipinski definition) is 3. The molecule has 4 heteroatoms. The van der Waals surface area contributed by atoms with E-state index in [0.29, 0.717) is 0 Å². The molecule has 1 aromatic rings. The van der Waals surface area contributed by atoms with E-state index < -0.39 is 0 Å². The van der Waals surface area contributed by atoms with Crippen LogP contribution in [0.5, 0.6) is 0 Å². The Morgan fingerprint density at radius 2 is 1.89 bits per heavy atom. The third kappa shape index (κ3) is 2.79. The molecule has 1 aliphatic heterocycles. The number of piperazine rings is 1. The number of nitrogens with two attached hydrogens (primary N) is 1. The van der Waals surface area contributed by atoms with Crippen LogP contribution in [-0.2, 0) is 6.54 Å². The molecule has 1 saturated carbocycles. The molecule has 98 valence electrons. The highest BCUT2D eigenvalue weighted by molar-refractivity contribution is 6.31. The van der Waals surface area contributed by atoms with Gasteiger partial charge in [0.2, 0.25) is 0 Å². The maximum absolute atomic E-state index is 6.22. The van der Waals surface area contributed by atoms with Gasteiger partial charge in [0.05, 0.1) is 0 Å². The van der Waals surface area contributed by atoms with Crippen molar-refractivity contribution < 1.29 is 0 Å². The van der Waals surface area contributed by atoms with E-state index in [2.05, 4.69) is 9.80 Å². The standard InChI is InChI=1S/C14H20ClN3/c15-14-9-12(16)2-1-11(14)10-17-5-7-18(8-6-17)13-3-4-13/h1-2,9,13H,3-8,10,16H2. The molecule has 0 radical (unpaired) electrons. The van der Waals surface area contributed by atoms with Crippen LogP contribution in [0, 0.1) is 0 Å². The van der Waals surface area contributed by atoms with E-state index in [-0.39, 0.29) is 0 Å². The summed E-state index contributed by atoms with van der Waals surface area (Å²) in [7, 11) is 0. The summed E-state index contributed by atoms with van der Waals surface area (Å²) < 4.78 is 0. The van der Waals surface area contributed by atoms with E-state index in [9.17, 15) is 0 Å². The van der Waals surface area contributed by atoms with Crippen molar-refractivity contribution >= 4 is 17.3 Å². The summed E-state index contributed by atoms with van der Waals surface area (Å²) in [6.45, 7) is 5.65. The van der Waals surface area contributed by atoms with Crippen molar-refractivity contribution in [2.75, 3.05) is 31.9 Å². The van der Waals surface area contributed by atoms with E-state index in [1.807, 2.05) is 18.2 Å². The van der Waals surface area contributed by atoms with Crippen molar-refractivity contribution in [2.24, 2.45) is 0 Å². The summed E-state index contributed by atoms with van der Waals surface area (Å²) in [5.41, 5.74) is 7.64. The smallest absolute Gasteiger partial charge is 0.0471 e. The van der Waals surface area contributed by atoms with Gasteiger partial charge in [-0.25, -0.2) is 0 Å². The average Bonchev–Trinajstić information content (AvgIpc) is 3.18. The van der Waals surface area contributed by atoms with Gasteiger partial charge in [-0.2, -0.15) is 0 Å². The van der Waals surface area contributed by atoms with Crippen LogP contribution < -0.4 is 5.73 Å². The van der Waals surface area contributed by atoms with Gasteiger partial charge in [-0.3, -0.25) is 9.80 Å². The Bertz CT molecular complexity index is 423. The summed E-state index contributed by atoms with van der Waals surface area (Å²) in [6.07, 6.45) is 2.81. The second kappa shape index (κ2) is 5.08. The second-order valence-corrected chi connectivity index (χ2v) is 5.80. The molecule has 1 aromatic carbocycles. The highest BCUT2D eigenvalue weighted by atomic mass is 35.5. The van der Waals surface area contributed by atoms with Gasteiger partial charge in [-0.05, 0) is 30.5 Å². The highest BCUT2D eigenvalue weighted by Crippen LogP contribution is 2.28. The third-order valence-electron chi connectivity index (χ3n) is 3.94. The average molecular weight is 266 g/mol. The minimum atomic E-state index is 0.738. The van der Waals surface area contributed by atoms with Crippen LogP contribution in [-0.4, -0.2) is 42.0 Å². The van der Waals surface area contributed by atoms with Gasteiger partial charge >= 0.3 is 0 Å². The molecule has 1 saturated heterocycles. The number of hydrogen-bond donors (Lipinski definition) is 1. The molecule has 0 bridgehead atoms. The first kappa shape index (κ1) is 12.3. The second-order valence-electron chi connectivity index (χ2n) is 5.39. The number of halogens is 1. The molecule has 2 fully saturated rings. The predicted molar refractivity (Wildman–Crippen MR) is 75.7 cm³/mol. The van der Waals surface area contributed by atoms with Crippen LogP contribution in [0.25, 0.3) is 0 Å². The van der Waals surface area contributed by atoms with Crippen LogP contribution in [0.4, 0.5) is 5.69 Å². The lowest BCUT2D eigenvalue weighted by molar-refractivity contribution is 0.121. The van der Waals surface area contributed by atoms with Crippen LogP contribution in [0.3, 0.4) is 0 Å². The largest absolute Gasteiger partial charge is 0.399 e. The van der Waals surface area contributed by atoms with Gasteiger partial charge in [-0.15, -0.1) is 0 Å². The third-order valence-corrected chi connectivity index (χ3v) is 4.29. The molecule has 1 aliphatic carbocycles. The van der Waals surface area contributed by atoms with Crippen molar-refractivity contribution in [2.45, 2.75) is 25.4 Å². The summed E-state index contributed by atoms with van der Waals surface area (Å²) in [5, 5.41) is 0.791. The molecule has 2 N–H and O–H groups in total. The first-order valence-corrected chi connectivity index (χ1v) is 7.10. The van der Waals surface area contributed by atoms with Gasteiger partial charge in [0, 0.05) is 49.5 Å². The fraction of sp³-hybridized carbons (Fsp3) is 0.571. The van der Waals surface area contributed by atoms with Crippen molar-refractivity contribution in [3.8, 4) is 0 Å². The van der Waals surface area contributed by atoms with E-state index in [1.54, 1.807) is 0 Å².